The minimum absolute atomic E-state index is 0.101. The molecule has 0 aromatic rings. The molecule has 0 N–H and O–H groups in total. The van der Waals surface area contributed by atoms with Gasteiger partial charge in [0.2, 0.25) is 0 Å². The highest BCUT2D eigenvalue weighted by atomic mass is 32.1. The monoisotopic (exact) mass is 364 g/mol. The maximum absolute atomic E-state index is 11.7. The molecule has 3 rings (SSSR count). The molecule has 0 bridgehead atoms. The molecule has 25 heavy (non-hydrogen) atoms. The number of nitrogens with zero attached hydrogens (tertiary/aromatic N) is 2. The standard InChI is InChI=1S/C20H32N2O2S/c1-3-4-7-16-12-19(24-15(2)23)18-8-5-6-10-20(18)11-9-17(22(16)20)13-21-14-25/h16-19H,3-13H2,1-2H3. The van der Waals surface area contributed by atoms with Gasteiger partial charge in [0.25, 0.3) is 0 Å². The number of carbonyl (C=O) groups is 1. The fourth-order valence-electron chi connectivity index (χ4n) is 6.03. The molecule has 2 aliphatic heterocycles. The van der Waals surface area contributed by atoms with E-state index in [0.717, 1.165) is 13.0 Å². The molecule has 5 heteroatoms. The molecular weight excluding hydrogens is 332 g/mol. The molecule has 4 nitrogen and oxygen atoms in total. The topological polar surface area (TPSA) is 41.9 Å². The average molecular weight is 365 g/mol. The molecule has 3 aliphatic rings. The van der Waals surface area contributed by atoms with Crippen LogP contribution in [0.15, 0.2) is 4.99 Å². The highest BCUT2D eigenvalue weighted by Gasteiger charge is 2.59. The Morgan fingerprint density at radius 1 is 1.32 bits per heavy atom. The van der Waals surface area contributed by atoms with Gasteiger partial charge in [-0.25, -0.2) is 4.99 Å². The zero-order chi connectivity index (χ0) is 17.9. The lowest BCUT2D eigenvalue weighted by atomic mass is 9.64. The van der Waals surface area contributed by atoms with Crippen LogP contribution in [0.3, 0.4) is 0 Å². The Bertz CT molecular complexity index is 534. The lowest BCUT2D eigenvalue weighted by molar-refractivity contribution is -0.170. The number of ether oxygens (including phenoxy) is 1. The van der Waals surface area contributed by atoms with Crippen LogP contribution < -0.4 is 0 Å². The van der Waals surface area contributed by atoms with E-state index < -0.39 is 0 Å². The lowest BCUT2D eigenvalue weighted by Crippen LogP contribution is -2.65. The Morgan fingerprint density at radius 3 is 2.88 bits per heavy atom. The molecule has 2 saturated heterocycles. The fraction of sp³-hybridized carbons (Fsp3) is 0.900. The van der Waals surface area contributed by atoms with Crippen LogP contribution in [0.25, 0.3) is 0 Å². The first kappa shape index (κ1) is 19.0. The Hall–Kier alpha value is -0.770. The van der Waals surface area contributed by atoms with Crippen LogP contribution >= 0.6 is 12.2 Å². The lowest BCUT2D eigenvalue weighted by Gasteiger charge is -2.58. The van der Waals surface area contributed by atoms with Crippen LogP contribution in [0.2, 0.25) is 0 Å². The molecule has 2 heterocycles. The number of carbonyl (C=O) groups excluding carboxylic acids is 1. The second-order valence-electron chi connectivity index (χ2n) is 8.17. The predicted molar refractivity (Wildman–Crippen MR) is 103 cm³/mol. The Labute approximate surface area is 157 Å². The molecule has 0 radical (unpaired) electrons. The number of isothiocyanates is 1. The second-order valence-corrected chi connectivity index (χ2v) is 8.35. The van der Waals surface area contributed by atoms with Crippen LogP contribution in [0.1, 0.15) is 78.1 Å². The van der Waals surface area contributed by atoms with Gasteiger partial charge in [0.15, 0.2) is 0 Å². The number of unbranched alkanes of at least 4 members (excludes halogenated alkanes) is 1. The summed E-state index contributed by atoms with van der Waals surface area (Å²) in [7, 11) is 0. The van der Waals surface area contributed by atoms with E-state index in [-0.39, 0.29) is 17.6 Å². The van der Waals surface area contributed by atoms with Gasteiger partial charge in [-0.15, -0.1) is 0 Å². The Kier molecular flexibility index (Phi) is 6.30. The first-order chi connectivity index (χ1) is 12.1. The number of hydrogen-bond donors (Lipinski definition) is 0. The second kappa shape index (κ2) is 8.28. The van der Waals surface area contributed by atoms with E-state index in [2.05, 4.69) is 22.0 Å². The molecule has 5 atom stereocenters. The first-order valence-electron chi connectivity index (χ1n) is 10.1. The van der Waals surface area contributed by atoms with Crippen molar-refractivity contribution in [2.45, 2.75) is 102 Å². The maximum atomic E-state index is 11.7. The van der Waals surface area contributed by atoms with Crippen LogP contribution in [-0.4, -0.2) is 46.3 Å². The minimum atomic E-state index is -0.117. The van der Waals surface area contributed by atoms with Gasteiger partial charge in [0.1, 0.15) is 6.10 Å². The number of esters is 1. The number of rotatable bonds is 6. The van der Waals surface area contributed by atoms with Crippen molar-refractivity contribution >= 4 is 23.3 Å². The van der Waals surface area contributed by atoms with E-state index in [0.29, 0.717) is 18.0 Å². The summed E-state index contributed by atoms with van der Waals surface area (Å²) < 4.78 is 5.87. The van der Waals surface area contributed by atoms with Crippen molar-refractivity contribution in [3.63, 3.8) is 0 Å². The van der Waals surface area contributed by atoms with E-state index in [1.165, 1.54) is 57.8 Å². The number of hydrogen-bond acceptors (Lipinski definition) is 5. The summed E-state index contributed by atoms with van der Waals surface area (Å²) in [5.41, 5.74) is 0.219. The van der Waals surface area contributed by atoms with Gasteiger partial charge in [0, 0.05) is 36.9 Å². The van der Waals surface area contributed by atoms with Crippen LogP contribution in [0.4, 0.5) is 0 Å². The van der Waals surface area contributed by atoms with E-state index in [9.17, 15) is 4.79 Å². The van der Waals surface area contributed by atoms with Crippen molar-refractivity contribution in [1.82, 2.24) is 4.90 Å². The maximum Gasteiger partial charge on any atom is 0.302 e. The third-order valence-electron chi connectivity index (χ3n) is 6.80. The molecule has 140 valence electrons. The highest BCUT2D eigenvalue weighted by molar-refractivity contribution is 7.78. The number of aliphatic imine (C=N–C) groups is 1. The summed E-state index contributed by atoms with van der Waals surface area (Å²) in [6.45, 7) is 4.59. The molecule has 1 aliphatic carbocycles. The van der Waals surface area contributed by atoms with Gasteiger partial charge in [-0.2, -0.15) is 0 Å². The Balaban J connectivity index is 1.91. The summed E-state index contributed by atoms with van der Waals surface area (Å²) in [6, 6.07) is 0.989. The highest BCUT2D eigenvalue weighted by Crippen LogP contribution is 2.55. The third kappa shape index (κ3) is 3.70. The number of piperidine rings is 1. The van der Waals surface area contributed by atoms with Gasteiger partial charge in [-0.05, 0) is 44.3 Å². The van der Waals surface area contributed by atoms with E-state index in [1.54, 1.807) is 6.92 Å². The molecule has 1 saturated carbocycles. The third-order valence-corrected chi connectivity index (χ3v) is 6.93. The zero-order valence-corrected chi connectivity index (χ0v) is 16.5. The van der Waals surface area contributed by atoms with Crippen LogP contribution in [0.5, 0.6) is 0 Å². The molecule has 0 amide bonds. The summed E-state index contributed by atoms with van der Waals surface area (Å²) in [4.78, 5) is 18.9. The quantitative estimate of drug-likeness (QED) is 0.398. The van der Waals surface area contributed by atoms with Crippen molar-refractivity contribution in [2.75, 3.05) is 6.54 Å². The van der Waals surface area contributed by atoms with Gasteiger partial charge >= 0.3 is 5.97 Å². The molecule has 0 aromatic heterocycles. The van der Waals surface area contributed by atoms with E-state index in [1.807, 2.05) is 0 Å². The molecular formula is C20H32N2O2S. The van der Waals surface area contributed by atoms with Gasteiger partial charge in [0.05, 0.1) is 11.7 Å². The fourth-order valence-corrected chi connectivity index (χ4v) is 6.10. The largest absolute Gasteiger partial charge is 0.462 e. The van der Waals surface area contributed by atoms with E-state index >= 15 is 0 Å². The summed E-state index contributed by atoms with van der Waals surface area (Å²) >= 11 is 4.82. The predicted octanol–water partition coefficient (Wildman–Crippen LogP) is 4.38. The number of thiocarbonyl (C=S) groups is 1. The van der Waals surface area contributed by atoms with Crippen molar-refractivity contribution in [2.24, 2.45) is 10.9 Å². The van der Waals surface area contributed by atoms with Gasteiger partial charge < -0.3 is 4.74 Å². The van der Waals surface area contributed by atoms with Crippen LogP contribution in [-0.2, 0) is 9.53 Å². The molecule has 0 aromatic carbocycles. The Morgan fingerprint density at radius 2 is 2.16 bits per heavy atom. The SMILES string of the molecule is CCCCC1CC(OC(C)=O)C2CCCCC23CCC(CN=C=S)N13. The van der Waals surface area contributed by atoms with Crippen molar-refractivity contribution in [3.05, 3.63) is 0 Å². The van der Waals surface area contributed by atoms with Gasteiger partial charge in [-0.1, -0.05) is 32.6 Å². The summed E-state index contributed by atoms with van der Waals surface area (Å²) in [5.74, 6) is 0.373. The molecule has 5 unspecified atom stereocenters. The minimum Gasteiger partial charge on any atom is -0.462 e. The van der Waals surface area contributed by atoms with Crippen LogP contribution in [0, 0.1) is 5.92 Å². The smallest absolute Gasteiger partial charge is 0.302 e. The first-order valence-corrected chi connectivity index (χ1v) is 10.5. The normalized spacial score (nSPS) is 37.7. The van der Waals surface area contributed by atoms with Crippen molar-refractivity contribution < 1.29 is 9.53 Å². The summed E-state index contributed by atoms with van der Waals surface area (Å²) in [5, 5.41) is 2.57. The van der Waals surface area contributed by atoms with Gasteiger partial charge in [-0.3, -0.25) is 9.69 Å². The molecule has 3 fully saturated rings. The zero-order valence-electron chi connectivity index (χ0n) is 15.7. The van der Waals surface area contributed by atoms with Crippen molar-refractivity contribution in [3.8, 4) is 0 Å². The molecule has 1 spiro atoms. The summed E-state index contributed by atoms with van der Waals surface area (Å²) in [6.07, 6.45) is 12.1. The van der Waals surface area contributed by atoms with Crippen molar-refractivity contribution in [1.29, 1.82) is 0 Å². The van der Waals surface area contributed by atoms with E-state index in [4.69, 9.17) is 17.0 Å². The average Bonchev–Trinajstić information content (AvgIpc) is 2.96.